The fourth-order valence-electron chi connectivity index (χ4n) is 3.49. The highest BCUT2D eigenvalue weighted by Gasteiger charge is 2.33. The van der Waals surface area contributed by atoms with Crippen molar-refractivity contribution in [3.05, 3.63) is 24.3 Å². The fourth-order valence-corrected chi connectivity index (χ4v) is 4.11. The zero-order valence-corrected chi connectivity index (χ0v) is 15.3. The molecule has 3 atom stereocenters. The predicted molar refractivity (Wildman–Crippen MR) is 96.0 cm³/mol. The third-order valence-electron chi connectivity index (χ3n) is 4.83. The summed E-state index contributed by atoms with van der Waals surface area (Å²) in [5.74, 6) is 1.71. The van der Waals surface area contributed by atoms with Crippen molar-refractivity contribution in [2.75, 3.05) is 5.75 Å². The number of benzene rings is 1. The van der Waals surface area contributed by atoms with Gasteiger partial charge in [0.15, 0.2) is 5.58 Å². The van der Waals surface area contributed by atoms with Crippen LogP contribution in [0.3, 0.4) is 0 Å². The number of carbonyl (C=O) groups is 1. The number of oxazole rings is 1. The molecule has 1 aliphatic rings. The number of para-hydroxylation sites is 2. The number of ether oxygens (including phenoxy) is 1. The zero-order chi connectivity index (χ0) is 17.1. The fraction of sp³-hybridized carbons (Fsp3) is 0.579. The van der Waals surface area contributed by atoms with Crippen LogP contribution >= 0.6 is 11.8 Å². The van der Waals surface area contributed by atoms with Crippen molar-refractivity contribution in [3.8, 4) is 0 Å². The number of carbonyl (C=O) groups excluding carboxylic acids is 1. The maximum Gasteiger partial charge on any atom is 0.316 e. The van der Waals surface area contributed by atoms with Gasteiger partial charge in [-0.1, -0.05) is 51.1 Å². The quantitative estimate of drug-likeness (QED) is 0.567. The molecule has 1 aromatic heterocycles. The number of hydrogen-bond donors (Lipinski definition) is 0. The van der Waals surface area contributed by atoms with Gasteiger partial charge in [0.2, 0.25) is 0 Å². The molecular formula is C19H25NO3S. The summed E-state index contributed by atoms with van der Waals surface area (Å²) < 4.78 is 11.4. The Morgan fingerprint density at radius 2 is 2.17 bits per heavy atom. The van der Waals surface area contributed by atoms with Crippen LogP contribution in [0.1, 0.15) is 40.0 Å². The molecule has 1 aliphatic carbocycles. The highest BCUT2D eigenvalue weighted by Crippen LogP contribution is 2.35. The maximum atomic E-state index is 12.3. The number of fused-ring (bicyclic) bond motifs is 1. The Balaban J connectivity index is 1.56. The lowest BCUT2D eigenvalue weighted by Gasteiger charge is -2.36. The monoisotopic (exact) mass is 347 g/mol. The second kappa shape index (κ2) is 7.60. The number of aromatic nitrogens is 1. The van der Waals surface area contributed by atoms with E-state index in [4.69, 9.17) is 9.15 Å². The Morgan fingerprint density at radius 1 is 1.38 bits per heavy atom. The molecule has 0 amide bonds. The molecule has 0 bridgehead atoms. The Labute approximate surface area is 147 Å². The summed E-state index contributed by atoms with van der Waals surface area (Å²) in [6.07, 6.45) is 3.40. The Kier molecular flexibility index (Phi) is 5.49. The van der Waals surface area contributed by atoms with Crippen molar-refractivity contribution in [1.82, 2.24) is 4.98 Å². The second-order valence-electron chi connectivity index (χ2n) is 7.09. The normalized spacial score (nSPS) is 24.4. The van der Waals surface area contributed by atoms with Crippen LogP contribution in [-0.4, -0.2) is 22.8 Å². The lowest BCUT2D eigenvalue weighted by atomic mass is 9.75. The average Bonchev–Trinajstić information content (AvgIpc) is 2.95. The van der Waals surface area contributed by atoms with Crippen LogP contribution in [0.25, 0.3) is 11.1 Å². The van der Waals surface area contributed by atoms with Gasteiger partial charge >= 0.3 is 5.97 Å². The van der Waals surface area contributed by atoms with Crippen LogP contribution in [0.4, 0.5) is 0 Å². The summed E-state index contributed by atoms with van der Waals surface area (Å²) in [7, 11) is 0. The molecule has 0 N–H and O–H groups in total. The summed E-state index contributed by atoms with van der Waals surface area (Å²) in [6, 6.07) is 7.61. The molecule has 0 spiro atoms. The van der Waals surface area contributed by atoms with Crippen molar-refractivity contribution in [2.24, 2.45) is 17.8 Å². The van der Waals surface area contributed by atoms with Gasteiger partial charge in [0.05, 0.1) is 0 Å². The molecule has 2 aromatic rings. The lowest BCUT2D eigenvalue weighted by Crippen LogP contribution is -2.36. The Bertz CT molecular complexity index is 664. The molecule has 1 heterocycles. The molecule has 1 fully saturated rings. The van der Waals surface area contributed by atoms with Crippen molar-refractivity contribution < 1.29 is 13.9 Å². The van der Waals surface area contributed by atoms with Crippen molar-refractivity contribution in [1.29, 1.82) is 0 Å². The van der Waals surface area contributed by atoms with E-state index in [2.05, 4.69) is 25.8 Å². The van der Waals surface area contributed by atoms with Gasteiger partial charge in [0.1, 0.15) is 17.4 Å². The molecular weight excluding hydrogens is 322 g/mol. The highest BCUT2D eigenvalue weighted by molar-refractivity contribution is 7.99. The van der Waals surface area contributed by atoms with Gasteiger partial charge in [-0.3, -0.25) is 4.79 Å². The van der Waals surface area contributed by atoms with E-state index < -0.39 is 0 Å². The first-order valence-electron chi connectivity index (χ1n) is 8.70. The molecule has 1 aromatic carbocycles. The molecule has 3 rings (SSSR count). The van der Waals surface area contributed by atoms with Crippen molar-refractivity contribution in [3.63, 3.8) is 0 Å². The highest BCUT2D eigenvalue weighted by atomic mass is 32.2. The van der Waals surface area contributed by atoms with Crippen LogP contribution in [-0.2, 0) is 9.53 Å². The molecule has 130 valence electrons. The summed E-state index contributed by atoms with van der Waals surface area (Å²) in [6.45, 7) is 6.67. The van der Waals surface area contributed by atoms with Crippen LogP contribution in [0.2, 0.25) is 0 Å². The van der Waals surface area contributed by atoms with Crippen LogP contribution in [0.5, 0.6) is 0 Å². The van der Waals surface area contributed by atoms with Crippen LogP contribution in [0.15, 0.2) is 33.9 Å². The van der Waals surface area contributed by atoms with Gasteiger partial charge in [-0.05, 0) is 42.7 Å². The maximum absolute atomic E-state index is 12.3. The van der Waals surface area contributed by atoms with Gasteiger partial charge in [-0.2, -0.15) is 0 Å². The van der Waals surface area contributed by atoms with Gasteiger partial charge in [0.25, 0.3) is 5.22 Å². The molecule has 24 heavy (non-hydrogen) atoms. The Hall–Kier alpha value is -1.49. The van der Waals surface area contributed by atoms with Crippen molar-refractivity contribution >= 4 is 28.8 Å². The molecule has 5 heteroatoms. The molecule has 1 saturated carbocycles. The molecule has 0 saturated heterocycles. The zero-order valence-electron chi connectivity index (χ0n) is 14.5. The number of esters is 1. The minimum atomic E-state index is -0.174. The molecule has 4 nitrogen and oxygen atoms in total. The SMILES string of the molecule is CC(C)[C@@H]1CC[C@H](C)C[C@H]1OC(=O)CSc1nc2ccccc2o1. The summed E-state index contributed by atoms with van der Waals surface area (Å²) >= 11 is 1.30. The second-order valence-corrected chi connectivity index (χ2v) is 8.02. The summed E-state index contributed by atoms with van der Waals surface area (Å²) in [5, 5.41) is 0.519. The first-order chi connectivity index (χ1) is 11.5. The van der Waals surface area contributed by atoms with Crippen LogP contribution < -0.4 is 0 Å². The largest absolute Gasteiger partial charge is 0.461 e. The van der Waals surface area contributed by atoms with E-state index in [1.807, 2.05) is 24.3 Å². The summed E-state index contributed by atoms with van der Waals surface area (Å²) in [4.78, 5) is 16.6. The minimum absolute atomic E-state index is 0.0467. The number of hydrogen-bond acceptors (Lipinski definition) is 5. The van der Waals surface area contributed by atoms with Crippen molar-refractivity contribution in [2.45, 2.75) is 51.4 Å². The Morgan fingerprint density at radius 3 is 2.92 bits per heavy atom. The third-order valence-corrected chi connectivity index (χ3v) is 5.63. The predicted octanol–water partition coefficient (Wildman–Crippen LogP) is 4.92. The number of rotatable bonds is 5. The molecule has 0 radical (unpaired) electrons. The average molecular weight is 347 g/mol. The van der Waals surface area contributed by atoms with E-state index >= 15 is 0 Å². The van der Waals surface area contributed by atoms with Gasteiger partial charge < -0.3 is 9.15 Å². The van der Waals surface area contributed by atoms with E-state index in [1.54, 1.807) is 0 Å². The topological polar surface area (TPSA) is 52.3 Å². The minimum Gasteiger partial charge on any atom is -0.461 e. The van der Waals surface area contributed by atoms with E-state index in [-0.39, 0.29) is 17.8 Å². The van der Waals surface area contributed by atoms with E-state index in [9.17, 15) is 4.79 Å². The third kappa shape index (κ3) is 4.12. The molecule has 0 aliphatic heterocycles. The lowest BCUT2D eigenvalue weighted by molar-refractivity contribution is -0.152. The standard InChI is InChI=1S/C19H25NO3S/c1-12(2)14-9-8-13(3)10-17(14)22-18(21)11-24-19-20-15-6-4-5-7-16(15)23-19/h4-7,12-14,17H,8-11H2,1-3H3/t13-,14-,17+/m0/s1. The van der Waals surface area contributed by atoms with Gasteiger partial charge in [-0.15, -0.1) is 0 Å². The van der Waals surface area contributed by atoms with Gasteiger partial charge in [-0.25, -0.2) is 4.98 Å². The van der Waals surface area contributed by atoms with Crippen LogP contribution in [0, 0.1) is 17.8 Å². The van der Waals surface area contributed by atoms with E-state index in [1.165, 1.54) is 18.2 Å². The molecule has 0 unspecified atom stereocenters. The number of thioether (sulfide) groups is 1. The van der Waals surface area contributed by atoms with E-state index in [0.29, 0.717) is 23.0 Å². The number of nitrogens with zero attached hydrogens (tertiary/aromatic N) is 1. The smallest absolute Gasteiger partial charge is 0.316 e. The van der Waals surface area contributed by atoms with E-state index in [0.717, 1.165) is 23.9 Å². The first kappa shape index (κ1) is 17.3. The van der Waals surface area contributed by atoms with Gasteiger partial charge in [0, 0.05) is 0 Å². The first-order valence-corrected chi connectivity index (χ1v) is 9.69. The summed E-state index contributed by atoms with van der Waals surface area (Å²) in [5.41, 5.74) is 1.56.